The van der Waals surface area contributed by atoms with Gasteiger partial charge in [0.15, 0.2) is 0 Å². The molecule has 1 amide bonds. The van der Waals surface area contributed by atoms with E-state index < -0.39 is 10.0 Å². The van der Waals surface area contributed by atoms with Crippen molar-refractivity contribution >= 4 is 21.6 Å². The second-order valence-corrected chi connectivity index (χ2v) is 5.81. The zero-order chi connectivity index (χ0) is 14.6. The second-order valence-electron chi connectivity index (χ2n) is 3.93. The summed E-state index contributed by atoms with van der Waals surface area (Å²) in [6.07, 6.45) is 3.13. The topological polar surface area (TPSA) is 88.2 Å². The minimum Gasteiger partial charge on any atom is -0.321 e. The highest BCUT2D eigenvalue weighted by molar-refractivity contribution is 7.89. The number of rotatable bonds is 4. The lowest BCUT2D eigenvalue weighted by atomic mass is 10.2. The van der Waals surface area contributed by atoms with Crippen molar-refractivity contribution in [3.05, 3.63) is 54.4 Å². The third kappa shape index (κ3) is 3.19. The fourth-order valence-electron chi connectivity index (χ4n) is 1.54. The molecule has 1 heterocycles. The molecule has 0 radical (unpaired) electrons. The highest BCUT2D eigenvalue weighted by Gasteiger charge is 2.12. The minimum atomic E-state index is -3.49. The fraction of sp³-hybridized carbons (Fsp3) is 0.0769. The highest BCUT2D eigenvalue weighted by atomic mass is 32.2. The van der Waals surface area contributed by atoms with Gasteiger partial charge < -0.3 is 5.32 Å². The fourth-order valence-corrected chi connectivity index (χ4v) is 2.27. The zero-order valence-electron chi connectivity index (χ0n) is 10.7. The highest BCUT2D eigenvalue weighted by Crippen LogP contribution is 2.12. The van der Waals surface area contributed by atoms with Crippen LogP contribution < -0.4 is 10.0 Å². The van der Waals surface area contributed by atoms with Crippen LogP contribution in [0.1, 0.15) is 10.4 Å². The van der Waals surface area contributed by atoms with Crippen LogP contribution in [0.4, 0.5) is 5.69 Å². The average Bonchev–Trinajstić information content (AvgIpc) is 2.48. The molecule has 1 aromatic heterocycles. The van der Waals surface area contributed by atoms with E-state index in [9.17, 15) is 13.2 Å². The molecule has 0 unspecified atom stereocenters. The van der Waals surface area contributed by atoms with Crippen LogP contribution in [0.25, 0.3) is 0 Å². The van der Waals surface area contributed by atoms with E-state index in [2.05, 4.69) is 15.0 Å². The smallest absolute Gasteiger partial charge is 0.255 e. The number of benzene rings is 1. The lowest BCUT2D eigenvalue weighted by molar-refractivity contribution is 0.102. The van der Waals surface area contributed by atoms with E-state index in [-0.39, 0.29) is 10.8 Å². The number of nitrogens with one attached hydrogen (secondary N) is 2. The van der Waals surface area contributed by atoms with Crippen molar-refractivity contribution < 1.29 is 13.2 Å². The molecule has 6 nitrogen and oxygen atoms in total. The van der Waals surface area contributed by atoms with Crippen molar-refractivity contribution in [2.24, 2.45) is 0 Å². The molecule has 20 heavy (non-hydrogen) atoms. The molecule has 2 aromatic rings. The first kappa shape index (κ1) is 14.2. The van der Waals surface area contributed by atoms with Gasteiger partial charge in [0.2, 0.25) is 10.0 Å². The lowest BCUT2D eigenvalue weighted by Crippen LogP contribution is -2.19. The SMILES string of the molecule is CNS(=O)(=O)c1ccc(C(=O)Nc2cccnc2)cc1. The monoisotopic (exact) mass is 291 g/mol. The largest absolute Gasteiger partial charge is 0.321 e. The molecule has 0 saturated carbocycles. The number of hydrogen-bond acceptors (Lipinski definition) is 4. The molecule has 2 N–H and O–H groups in total. The first-order valence-corrected chi connectivity index (χ1v) is 7.26. The summed E-state index contributed by atoms with van der Waals surface area (Å²) in [7, 11) is -2.16. The predicted molar refractivity (Wildman–Crippen MR) is 74.9 cm³/mol. The van der Waals surface area contributed by atoms with E-state index >= 15 is 0 Å². The normalized spacial score (nSPS) is 11.1. The van der Waals surface area contributed by atoms with Gasteiger partial charge in [0.25, 0.3) is 5.91 Å². The van der Waals surface area contributed by atoms with Crippen LogP contribution in [0, 0.1) is 0 Å². The van der Waals surface area contributed by atoms with Crippen molar-refractivity contribution in [2.75, 3.05) is 12.4 Å². The molecule has 1 aromatic carbocycles. The third-order valence-corrected chi connectivity index (χ3v) is 4.05. The summed E-state index contributed by atoms with van der Waals surface area (Å²) in [6.45, 7) is 0. The second kappa shape index (κ2) is 5.81. The van der Waals surface area contributed by atoms with Crippen LogP contribution >= 0.6 is 0 Å². The summed E-state index contributed by atoms with van der Waals surface area (Å²) in [5, 5.41) is 2.66. The maximum absolute atomic E-state index is 11.9. The Morgan fingerprint density at radius 3 is 2.40 bits per heavy atom. The van der Waals surface area contributed by atoms with E-state index in [4.69, 9.17) is 0 Å². The van der Waals surface area contributed by atoms with Crippen LogP contribution in [-0.4, -0.2) is 26.4 Å². The van der Waals surface area contributed by atoms with Gasteiger partial charge in [-0.1, -0.05) is 0 Å². The summed E-state index contributed by atoms with van der Waals surface area (Å²) in [4.78, 5) is 15.9. The number of nitrogens with zero attached hydrogens (tertiary/aromatic N) is 1. The van der Waals surface area contributed by atoms with Crippen LogP contribution in [0.3, 0.4) is 0 Å². The Balaban J connectivity index is 2.16. The molecule has 0 spiro atoms. The number of pyridine rings is 1. The Morgan fingerprint density at radius 1 is 1.15 bits per heavy atom. The Bertz CT molecular complexity index is 697. The molecule has 0 atom stereocenters. The van der Waals surface area contributed by atoms with Crippen molar-refractivity contribution in [3.63, 3.8) is 0 Å². The van der Waals surface area contributed by atoms with Gasteiger partial charge in [-0.3, -0.25) is 9.78 Å². The Kier molecular flexibility index (Phi) is 4.11. The first-order chi connectivity index (χ1) is 9.53. The molecule has 104 valence electrons. The standard InChI is InChI=1S/C13H13N3O3S/c1-14-20(18,19)12-6-4-10(5-7-12)13(17)16-11-3-2-8-15-9-11/h2-9,14H,1H3,(H,16,17). The summed E-state index contributed by atoms with van der Waals surface area (Å²) in [5.74, 6) is -0.327. The first-order valence-electron chi connectivity index (χ1n) is 5.78. The van der Waals surface area contributed by atoms with E-state index in [1.54, 1.807) is 18.3 Å². The van der Waals surface area contributed by atoms with E-state index in [0.29, 0.717) is 11.3 Å². The number of sulfonamides is 1. The minimum absolute atomic E-state index is 0.109. The van der Waals surface area contributed by atoms with E-state index in [0.717, 1.165) is 0 Å². The van der Waals surface area contributed by atoms with Gasteiger partial charge >= 0.3 is 0 Å². The molecular formula is C13H13N3O3S. The van der Waals surface area contributed by atoms with Crippen molar-refractivity contribution in [1.29, 1.82) is 0 Å². The quantitative estimate of drug-likeness (QED) is 0.887. The maximum atomic E-state index is 11.9. The average molecular weight is 291 g/mol. The molecule has 0 aliphatic rings. The molecular weight excluding hydrogens is 278 g/mol. The Labute approximate surface area is 116 Å². The van der Waals surface area contributed by atoms with Crippen molar-refractivity contribution in [1.82, 2.24) is 9.71 Å². The van der Waals surface area contributed by atoms with Gasteiger partial charge in [0, 0.05) is 11.8 Å². The molecule has 0 saturated heterocycles. The maximum Gasteiger partial charge on any atom is 0.255 e. The molecule has 0 aliphatic heterocycles. The van der Waals surface area contributed by atoms with Crippen LogP contribution in [-0.2, 0) is 10.0 Å². The lowest BCUT2D eigenvalue weighted by Gasteiger charge is -2.06. The van der Waals surface area contributed by atoms with Gasteiger partial charge in [-0.2, -0.15) is 0 Å². The number of hydrogen-bond donors (Lipinski definition) is 2. The molecule has 2 rings (SSSR count). The Hall–Kier alpha value is -2.25. The van der Waals surface area contributed by atoms with E-state index in [1.165, 1.54) is 37.5 Å². The number of carbonyl (C=O) groups excluding carboxylic acids is 1. The molecule has 0 fully saturated rings. The summed E-state index contributed by atoms with van der Waals surface area (Å²) >= 11 is 0. The number of carbonyl (C=O) groups is 1. The van der Waals surface area contributed by atoms with Crippen molar-refractivity contribution in [2.45, 2.75) is 4.90 Å². The Morgan fingerprint density at radius 2 is 1.85 bits per heavy atom. The van der Waals surface area contributed by atoms with Crippen LogP contribution in [0.5, 0.6) is 0 Å². The van der Waals surface area contributed by atoms with E-state index in [1.807, 2.05) is 0 Å². The van der Waals surface area contributed by atoms with Gasteiger partial charge in [0.1, 0.15) is 0 Å². The summed E-state index contributed by atoms with van der Waals surface area (Å²) in [6, 6.07) is 9.09. The van der Waals surface area contributed by atoms with Crippen molar-refractivity contribution in [3.8, 4) is 0 Å². The summed E-state index contributed by atoms with van der Waals surface area (Å²) in [5.41, 5.74) is 0.938. The van der Waals surface area contributed by atoms with Crippen LogP contribution in [0.15, 0.2) is 53.7 Å². The molecule has 0 aliphatic carbocycles. The van der Waals surface area contributed by atoms with Gasteiger partial charge in [-0.25, -0.2) is 13.1 Å². The number of aromatic nitrogens is 1. The zero-order valence-corrected chi connectivity index (χ0v) is 11.5. The number of anilines is 1. The summed E-state index contributed by atoms with van der Waals surface area (Å²) < 4.78 is 25.3. The third-order valence-electron chi connectivity index (χ3n) is 2.61. The van der Waals surface area contributed by atoms with Gasteiger partial charge in [-0.15, -0.1) is 0 Å². The van der Waals surface area contributed by atoms with Gasteiger partial charge in [0.05, 0.1) is 16.8 Å². The molecule has 7 heteroatoms. The molecule has 0 bridgehead atoms. The number of amides is 1. The van der Waals surface area contributed by atoms with Crippen LogP contribution in [0.2, 0.25) is 0 Å². The predicted octanol–water partition coefficient (Wildman–Crippen LogP) is 1.24. The van der Waals surface area contributed by atoms with Gasteiger partial charge in [-0.05, 0) is 43.4 Å².